The third-order valence-corrected chi connectivity index (χ3v) is 4.55. The Bertz CT molecular complexity index is 737. The van der Waals surface area contributed by atoms with E-state index in [0.717, 1.165) is 29.0 Å². The zero-order chi connectivity index (χ0) is 15.9. The van der Waals surface area contributed by atoms with Gasteiger partial charge in [-0.3, -0.25) is 4.79 Å². The number of carbonyl (C=O) groups is 1. The molecule has 0 fully saturated rings. The van der Waals surface area contributed by atoms with Crippen LogP contribution in [0.4, 0.5) is 0 Å². The highest BCUT2D eigenvalue weighted by Crippen LogP contribution is 2.18. The molecule has 23 heavy (non-hydrogen) atoms. The quantitative estimate of drug-likeness (QED) is 0.514. The minimum atomic E-state index is 0.0686. The zero-order valence-corrected chi connectivity index (χ0v) is 13.6. The Labute approximate surface area is 139 Å². The van der Waals surface area contributed by atoms with Crippen molar-refractivity contribution >= 4 is 28.7 Å². The van der Waals surface area contributed by atoms with E-state index in [9.17, 15) is 4.79 Å². The van der Waals surface area contributed by atoms with Crippen molar-refractivity contribution in [3.05, 3.63) is 60.4 Å². The Kier molecular flexibility index (Phi) is 5.32. The summed E-state index contributed by atoms with van der Waals surface area (Å²) < 4.78 is 0. The topological polar surface area (TPSA) is 57.8 Å². The van der Waals surface area contributed by atoms with Crippen LogP contribution in [-0.2, 0) is 11.3 Å². The highest BCUT2D eigenvalue weighted by Gasteiger charge is 2.05. The van der Waals surface area contributed by atoms with Gasteiger partial charge in [-0.05, 0) is 36.4 Å². The van der Waals surface area contributed by atoms with Crippen molar-refractivity contribution in [2.24, 2.45) is 0 Å². The molecule has 2 N–H and O–H groups in total. The number of aromatic nitrogens is 2. The van der Waals surface area contributed by atoms with Crippen LogP contribution in [0, 0.1) is 0 Å². The number of nitrogens with one attached hydrogen (secondary N) is 2. The first-order chi connectivity index (χ1) is 11.3. The number of hydrogen-bond donors (Lipinski definition) is 2. The second-order valence-corrected chi connectivity index (χ2v) is 6.41. The van der Waals surface area contributed by atoms with Gasteiger partial charge in [-0.25, -0.2) is 4.98 Å². The molecule has 5 heteroatoms. The summed E-state index contributed by atoms with van der Waals surface area (Å²) in [6.07, 6.45) is 1.41. The van der Waals surface area contributed by atoms with Gasteiger partial charge in [-0.15, -0.1) is 11.8 Å². The maximum Gasteiger partial charge on any atom is 0.220 e. The molecule has 118 valence electrons. The van der Waals surface area contributed by atoms with E-state index < -0.39 is 0 Å². The van der Waals surface area contributed by atoms with E-state index >= 15 is 0 Å². The molecular weight excluding hydrogens is 306 g/mol. The van der Waals surface area contributed by atoms with Gasteiger partial charge in [0.2, 0.25) is 5.91 Å². The summed E-state index contributed by atoms with van der Waals surface area (Å²) in [4.78, 5) is 20.8. The molecule has 3 aromatic rings. The maximum atomic E-state index is 11.9. The van der Waals surface area contributed by atoms with Crippen molar-refractivity contribution in [1.82, 2.24) is 15.3 Å². The van der Waals surface area contributed by atoms with Crippen LogP contribution in [0.15, 0.2) is 59.5 Å². The second kappa shape index (κ2) is 7.83. The van der Waals surface area contributed by atoms with Crippen molar-refractivity contribution in [2.75, 3.05) is 5.75 Å². The van der Waals surface area contributed by atoms with Crippen LogP contribution in [0.25, 0.3) is 11.0 Å². The minimum absolute atomic E-state index is 0.0686. The highest BCUT2D eigenvalue weighted by molar-refractivity contribution is 7.99. The molecule has 0 saturated carbocycles. The van der Waals surface area contributed by atoms with Crippen molar-refractivity contribution in [2.45, 2.75) is 24.3 Å². The summed E-state index contributed by atoms with van der Waals surface area (Å²) >= 11 is 1.78. The lowest BCUT2D eigenvalue weighted by molar-refractivity contribution is -0.121. The van der Waals surface area contributed by atoms with Crippen molar-refractivity contribution in [3.8, 4) is 0 Å². The first kappa shape index (κ1) is 15.6. The molecule has 0 spiro atoms. The van der Waals surface area contributed by atoms with Gasteiger partial charge < -0.3 is 10.3 Å². The Hall–Kier alpha value is -2.27. The van der Waals surface area contributed by atoms with Crippen molar-refractivity contribution < 1.29 is 4.79 Å². The molecule has 0 atom stereocenters. The standard InChI is InChI=1S/C18H19N3OS/c22-18(11-6-12-23-14-7-2-1-3-8-14)19-13-17-20-15-9-4-5-10-16(15)21-17/h1-5,7-10H,6,11-13H2,(H,19,22)(H,20,21). The van der Waals surface area contributed by atoms with Crippen LogP contribution in [-0.4, -0.2) is 21.6 Å². The van der Waals surface area contributed by atoms with Gasteiger partial charge in [0.1, 0.15) is 5.82 Å². The number of fused-ring (bicyclic) bond motifs is 1. The summed E-state index contributed by atoms with van der Waals surface area (Å²) in [5.41, 5.74) is 1.92. The molecule has 0 aliphatic heterocycles. The van der Waals surface area contributed by atoms with E-state index in [2.05, 4.69) is 27.4 Å². The molecule has 0 saturated heterocycles. The highest BCUT2D eigenvalue weighted by atomic mass is 32.2. The van der Waals surface area contributed by atoms with Gasteiger partial charge in [0.15, 0.2) is 0 Å². The predicted octanol–water partition coefficient (Wildman–Crippen LogP) is 3.75. The normalized spacial score (nSPS) is 10.8. The van der Waals surface area contributed by atoms with Crippen LogP contribution >= 0.6 is 11.8 Å². The summed E-state index contributed by atoms with van der Waals surface area (Å²) in [6, 6.07) is 18.1. The molecule has 0 bridgehead atoms. The van der Waals surface area contributed by atoms with Crippen LogP contribution in [0.3, 0.4) is 0 Å². The Morgan fingerprint density at radius 2 is 1.87 bits per heavy atom. The Morgan fingerprint density at radius 1 is 1.09 bits per heavy atom. The third-order valence-electron chi connectivity index (χ3n) is 3.45. The Morgan fingerprint density at radius 3 is 2.70 bits per heavy atom. The number of aromatic amines is 1. The first-order valence-corrected chi connectivity index (χ1v) is 8.68. The fourth-order valence-corrected chi connectivity index (χ4v) is 3.17. The van der Waals surface area contributed by atoms with E-state index in [-0.39, 0.29) is 5.91 Å². The number of hydrogen-bond acceptors (Lipinski definition) is 3. The summed E-state index contributed by atoms with van der Waals surface area (Å²) in [5, 5.41) is 2.92. The number of thioether (sulfide) groups is 1. The molecule has 0 radical (unpaired) electrons. The largest absolute Gasteiger partial charge is 0.349 e. The number of nitrogens with zero attached hydrogens (tertiary/aromatic N) is 1. The smallest absolute Gasteiger partial charge is 0.220 e. The van der Waals surface area contributed by atoms with Gasteiger partial charge >= 0.3 is 0 Å². The summed E-state index contributed by atoms with van der Waals surface area (Å²) in [6.45, 7) is 0.444. The lowest BCUT2D eigenvalue weighted by Crippen LogP contribution is -2.23. The van der Waals surface area contributed by atoms with Gasteiger partial charge in [-0.2, -0.15) is 0 Å². The van der Waals surface area contributed by atoms with Crippen molar-refractivity contribution in [1.29, 1.82) is 0 Å². The van der Waals surface area contributed by atoms with Crippen molar-refractivity contribution in [3.63, 3.8) is 0 Å². The van der Waals surface area contributed by atoms with Crippen LogP contribution in [0.1, 0.15) is 18.7 Å². The molecule has 4 nitrogen and oxygen atoms in total. The van der Waals surface area contributed by atoms with Crippen LogP contribution in [0.2, 0.25) is 0 Å². The number of carbonyl (C=O) groups excluding carboxylic acids is 1. The molecule has 1 aromatic heterocycles. The minimum Gasteiger partial charge on any atom is -0.349 e. The summed E-state index contributed by atoms with van der Waals surface area (Å²) in [7, 11) is 0. The molecule has 0 unspecified atom stereocenters. The maximum absolute atomic E-state index is 11.9. The zero-order valence-electron chi connectivity index (χ0n) is 12.8. The Balaban J connectivity index is 1.38. The molecule has 0 aliphatic rings. The lowest BCUT2D eigenvalue weighted by atomic mass is 10.3. The molecule has 0 aliphatic carbocycles. The molecular formula is C18H19N3OS. The van der Waals surface area contributed by atoms with E-state index in [1.54, 1.807) is 11.8 Å². The fraction of sp³-hybridized carbons (Fsp3) is 0.222. The van der Waals surface area contributed by atoms with E-state index in [1.165, 1.54) is 4.90 Å². The third kappa shape index (κ3) is 4.60. The molecule has 1 amide bonds. The number of benzene rings is 2. The number of amides is 1. The van der Waals surface area contributed by atoms with Gasteiger partial charge in [0.05, 0.1) is 17.6 Å². The second-order valence-electron chi connectivity index (χ2n) is 5.24. The van der Waals surface area contributed by atoms with E-state index in [1.807, 2.05) is 42.5 Å². The van der Waals surface area contributed by atoms with Gasteiger partial charge in [0.25, 0.3) is 0 Å². The average molecular weight is 325 g/mol. The number of imidazole rings is 1. The fourth-order valence-electron chi connectivity index (χ4n) is 2.30. The van der Waals surface area contributed by atoms with E-state index in [4.69, 9.17) is 0 Å². The monoisotopic (exact) mass is 325 g/mol. The predicted molar refractivity (Wildman–Crippen MR) is 94.3 cm³/mol. The molecule has 3 rings (SSSR count). The lowest BCUT2D eigenvalue weighted by Gasteiger charge is -2.03. The van der Waals surface area contributed by atoms with Gasteiger partial charge in [0, 0.05) is 11.3 Å². The van der Waals surface area contributed by atoms with Crippen LogP contribution in [0.5, 0.6) is 0 Å². The number of para-hydroxylation sites is 2. The van der Waals surface area contributed by atoms with Crippen LogP contribution < -0.4 is 5.32 Å². The van der Waals surface area contributed by atoms with E-state index in [0.29, 0.717) is 13.0 Å². The first-order valence-electron chi connectivity index (χ1n) is 7.69. The molecule has 1 heterocycles. The SMILES string of the molecule is O=C(CCCSc1ccccc1)NCc1nc2ccccc2[nH]1. The summed E-state index contributed by atoms with van der Waals surface area (Å²) in [5.74, 6) is 1.81. The van der Waals surface area contributed by atoms with Gasteiger partial charge in [-0.1, -0.05) is 30.3 Å². The molecule has 2 aromatic carbocycles. The average Bonchev–Trinajstić information content (AvgIpc) is 3.01. The number of H-pyrrole nitrogens is 1. The number of rotatable bonds is 7.